The van der Waals surface area contributed by atoms with Crippen LogP contribution in [0.5, 0.6) is 0 Å². The van der Waals surface area contributed by atoms with Crippen molar-refractivity contribution in [3.63, 3.8) is 0 Å². The highest BCUT2D eigenvalue weighted by Gasteiger charge is 2.26. The highest BCUT2D eigenvalue weighted by Crippen LogP contribution is 2.17. The molecule has 98 valence electrons. The van der Waals surface area contributed by atoms with Crippen LogP contribution >= 0.6 is 0 Å². The first-order valence-electron chi connectivity index (χ1n) is 5.90. The molecule has 1 atom stereocenters. The Morgan fingerprint density at radius 3 is 2.72 bits per heavy atom. The lowest BCUT2D eigenvalue weighted by atomic mass is 10.2. The van der Waals surface area contributed by atoms with E-state index in [9.17, 15) is 9.59 Å². The van der Waals surface area contributed by atoms with E-state index in [0.717, 1.165) is 12.8 Å². The largest absolute Gasteiger partial charge is 0.463 e. The van der Waals surface area contributed by atoms with E-state index >= 15 is 0 Å². The number of carbonyl (C=O) groups excluding carboxylic acids is 2. The minimum absolute atomic E-state index is 0.319. The topological polar surface area (TPSA) is 65.5 Å². The van der Waals surface area contributed by atoms with Crippen LogP contribution in [0, 0.1) is 0 Å². The average molecular weight is 251 g/mol. The molecule has 0 bridgehead atoms. The van der Waals surface area contributed by atoms with Gasteiger partial charge in [0.25, 0.3) is 0 Å². The molecule has 0 aromatic carbocycles. The molecule has 0 spiro atoms. The van der Waals surface area contributed by atoms with Crippen LogP contribution in [-0.2, 0) is 19.1 Å². The van der Waals surface area contributed by atoms with Gasteiger partial charge in [-0.1, -0.05) is 19.4 Å². The summed E-state index contributed by atoms with van der Waals surface area (Å²) in [6.45, 7) is 3.56. The van der Waals surface area contributed by atoms with Crippen LogP contribution in [0.3, 0.4) is 0 Å². The number of unbranched alkanes of at least 4 members (excludes halogenated alkanes) is 1. The number of hydrogen-bond donors (Lipinski definition) is 0. The summed E-state index contributed by atoms with van der Waals surface area (Å²) in [5, 5.41) is 0. The van der Waals surface area contributed by atoms with Crippen LogP contribution < -0.4 is 0 Å². The maximum atomic E-state index is 11.8. The van der Waals surface area contributed by atoms with Crippen molar-refractivity contribution in [1.82, 2.24) is 4.98 Å². The lowest BCUT2D eigenvalue weighted by molar-refractivity contribution is -0.167. The molecule has 0 saturated heterocycles. The highest BCUT2D eigenvalue weighted by atomic mass is 16.6. The normalized spacial score (nSPS) is 11.7. The molecular weight excluding hydrogens is 234 g/mol. The average Bonchev–Trinajstić information content (AvgIpc) is 2.37. The van der Waals surface area contributed by atoms with E-state index in [1.54, 1.807) is 18.2 Å². The van der Waals surface area contributed by atoms with E-state index in [0.29, 0.717) is 12.3 Å². The Balaban J connectivity index is 2.72. The Kier molecular flexibility index (Phi) is 5.84. The number of ether oxygens (including phenoxy) is 2. The van der Waals surface area contributed by atoms with Gasteiger partial charge >= 0.3 is 11.9 Å². The molecule has 1 unspecified atom stereocenters. The maximum Gasteiger partial charge on any atom is 0.353 e. The second-order valence-electron chi connectivity index (χ2n) is 3.77. The molecule has 18 heavy (non-hydrogen) atoms. The fourth-order valence-corrected chi connectivity index (χ4v) is 1.32. The van der Waals surface area contributed by atoms with Gasteiger partial charge in [-0.25, -0.2) is 4.79 Å². The van der Waals surface area contributed by atoms with E-state index in [1.165, 1.54) is 13.1 Å². The van der Waals surface area contributed by atoms with Gasteiger partial charge < -0.3 is 9.47 Å². The lowest BCUT2D eigenvalue weighted by Crippen LogP contribution is -2.22. The van der Waals surface area contributed by atoms with Gasteiger partial charge in [0, 0.05) is 13.1 Å². The number of pyridine rings is 1. The van der Waals surface area contributed by atoms with Crippen LogP contribution in [0.2, 0.25) is 0 Å². The van der Waals surface area contributed by atoms with Crippen LogP contribution in [0.4, 0.5) is 0 Å². The van der Waals surface area contributed by atoms with Gasteiger partial charge in [0.15, 0.2) is 0 Å². The van der Waals surface area contributed by atoms with Crippen molar-refractivity contribution < 1.29 is 19.1 Å². The molecule has 1 aromatic heterocycles. The van der Waals surface area contributed by atoms with Gasteiger partial charge in [0.1, 0.15) is 0 Å². The molecule has 5 nitrogen and oxygen atoms in total. The van der Waals surface area contributed by atoms with Gasteiger partial charge in [0.2, 0.25) is 6.10 Å². The zero-order chi connectivity index (χ0) is 13.4. The molecule has 0 aliphatic rings. The molecule has 0 N–H and O–H groups in total. The Morgan fingerprint density at radius 1 is 1.39 bits per heavy atom. The van der Waals surface area contributed by atoms with Gasteiger partial charge in [-0.05, 0) is 18.6 Å². The van der Waals surface area contributed by atoms with E-state index in [2.05, 4.69) is 4.98 Å². The van der Waals surface area contributed by atoms with Crippen LogP contribution in [0.25, 0.3) is 0 Å². The maximum absolute atomic E-state index is 11.8. The third-order valence-corrected chi connectivity index (χ3v) is 2.20. The Labute approximate surface area is 106 Å². The molecule has 0 radical (unpaired) electrons. The summed E-state index contributed by atoms with van der Waals surface area (Å²) < 4.78 is 10.00. The Hall–Kier alpha value is -1.91. The molecule has 0 saturated carbocycles. The van der Waals surface area contributed by atoms with Gasteiger partial charge in [0.05, 0.1) is 12.3 Å². The van der Waals surface area contributed by atoms with Crippen molar-refractivity contribution in [2.45, 2.75) is 32.8 Å². The summed E-state index contributed by atoms with van der Waals surface area (Å²) in [5.74, 6) is -1.13. The predicted octanol–water partition coefficient (Wildman–Crippen LogP) is 2.03. The number of hydrogen-bond acceptors (Lipinski definition) is 5. The lowest BCUT2D eigenvalue weighted by Gasteiger charge is -2.15. The molecule has 0 aliphatic heterocycles. The third-order valence-electron chi connectivity index (χ3n) is 2.20. The van der Waals surface area contributed by atoms with Crippen molar-refractivity contribution in [3.05, 3.63) is 30.1 Å². The van der Waals surface area contributed by atoms with Gasteiger partial charge in [-0.2, -0.15) is 0 Å². The Morgan fingerprint density at radius 2 is 2.17 bits per heavy atom. The molecule has 0 fully saturated rings. The van der Waals surface area contributed by atoms with Crippen molar-refractivity contribution in [2.75, 3.05) is 6.61 Å². The fraction of sp³-hybridized carbons (Fsp3) is 0.462. The highest BCUT2D eigenvalue weighted by molar-refractivity contribution is 5.79. The quantitative estimate of drug-likeness (QED) is 0.571. The van der Waals surface area contributed by atoms with E-state index in [4.69, 9.17) is 9.47 Å². The fourth-order valence-electron chi connectivity index (χ4n) is 1.32. The van der Waals surface area contributed by atoms with Crippen LogP contribution in [0.15, 0.2) is 24.4 Å². The minimum Gasteiger partial charge on any atom is -0.463 e. The summed E-state index contributed by atoms with van der Waals surface area (Å²) in [4.78, 5) is 26.8. The summed E-state index contributed by atoms with van der Waals surface area (Å²) >= 11 is 0. The third kappa shape index (κ3) is 4.53. The summed E-state index contributed by atoms with van der Waals surface area (Å²) in [6.07, 6.45) is 2.15. The zero-order valence-electron chi connectivity index (χ0n) is 10.6. The van der Waals surface area contributed by atoms with Gasteiger partial charge in [-0.15, -0.1) is 0 Å². The van der Waals surface area contributed by atoms with Crippen LogP contribution in [0.1, 0.15) is 38.5 Å². The summed E-state index contributed by atoms with van der Waals surface area (Å²) in [6, 6.07) is 5.06. The van der Waals surface area contributed by atoms with Gasteiger partial charge in [-0.3, -0.25) is 9.78 Å². The van der Waals surface area contributed by atoms with Crippen molar-refractivity contribution in [3.8, 4) is 0 Å². The second-order valence-corrected chi connectivity index (χ2v) is 3.77. The van der Waals surface area contributed by atoms with Crippen molar-refractivity contribution >= 4 is 11.9 Å². The molecule has 1 rings (SSSR count). The molecular formula is C13H17NO4. The SMILES string of the molecule is CCCCOC(=O)C(OC(C)=O)c1ccccn1. The first-order chi connectivity index (χ1) is 8.65. The van der Waals surface area contributed by atoms with E-state index in [1.807, 2.05) is 6.92 Å². The van der Waals surface area contributed by atoms with Crippen molar-refractivity contribution in [1.29, 1.82) is 0 Å². The number of rotatable bonds is 6. The molecule has 5 heteroatoms. The van der Waals surface area contributed by atoms with Crippen LogP contribution in [-0.4, -0.2) is 23.5 Å². The zero-order valence-corrected chi connectivity index (χ0v) is 10.6. The first-order valence-corrected chi connectivity index (χ1v) is 5.90. The summed E-state index contributed by atoms with van der Waals surface area (Å²) in [7, 11) is 0. The smallest absolute Gasteiger partial charge is 0.353 e. The monoisotopic (exact) mass is 251 g/mol. The summed E-state index contributed by atoms with van der Waals surface area (Å²) in [5.41, 5.74) is 0.370. The molecule has 1 aromatic rings. The van der Waals surface area contributed by atoms with E-state index < -0.39 is 18.0 Å². The Bertz CT molecular complexity index is 391. The predicted molar refractivity (Wildman–Crippen MR) is 64.6 cm³/mol. The second kappa shape index (κ2) is 7.42. The van der Waals surface area contributed by atoms with E-state index in [-0.39, 0.29) is 0 Å². The van der Waals surface area contributed by atoms with Crippen molar-refractivity contribution in [2.24, 2.45) is 0 Å². The molecule has 0 aliphatic carbocycles. The number of nitrogens with zero attached hydrogens (tertiary/aromatic N) is 1. The number of aromatic nitrogens is 1. The number of esters is 2. The molecule has 1 heterocycles. The minimum atomic E-state index is -1.08. The number of carbonyl (C=O) groups is 2. The molecule has 0 amide bonds. The first kappa shape index (κ1) is 14.2. The standard InChI is InChI=1S/C13H17NO4/c1-3-4-9-17-13(16)12(18-10(2)15)11-7-5-6-8-14-11/h5-8,12H,3-4,9H2,1-2H3.